The van der Waals surface area contributed by atoms with E-state index >= 15 is 0 Å². The molecule has 21 heavy (non-hydrogen) atoms. The van der Waals surface area contributed by atoms with Crippen LogP contribution in [0.3, 0.4) is 0 Å². The van der Waals surface area contributed by atoms with Gasteiger partial charge >= 0.3 is 13.5 Å². The van der Waals surface area contributed by atoms with Crippen molar-refractivity contribution in [2.24, 2.45) is 0 Å². The lowest BCUT2D eigenvalue weighted by atomic mass is 10.2. The Morgan fingerprint density at radius 2 is 2.24 bits per heavy atom. The van der Waals surface area contributed by atoms with Crippen molar-refractivity contribution in [3.8, 4) is 0 Å². The second kappa shape index (κ2) is 6.62. The zero-order valence-electron chi connectivity index (χ0n) is 10.7. The number of aromatic nitrogens is 2. The number of hydrogen-bond acceptors (Lipinski definition) is 7. The van der Waals surface area contributed by atoms with Gasteiger partial charge in [-0.3, -0.25) is 9.09 Å². The summed E-state index contributed by atoms with van der Waals surface area (Å²) in [6.45, 7) is -0.487. The maximum atomic E-state index is 11.6. The Morgan fingerprint density at radius 1 is 1.57 bits per heavy atom. The number of aliphatic hydroxyl groups is 1. The first-order valence-electron chi connectivity index (χ1n) is 5.64. The van der Waals surface area contributed by atoms with Crippen molar-refractivity contribution in [1.29, 1.82) is 0 Å². The molecule has 2 rings (SSSR count). The molecule has 0 amide bonds. The molecule has 3 atom stereocenters. The summed E-state index contributed by atoms with van der Waals surface area (Å²) in [4.78, 5) is 32.3. The normalized spacial score (nSPS) is 25.6. The van der Waals surface area contributed by atoms with E-state index in [4.69, 9.17) is 20.3 Å². The average molecular weight is 325 g/mol. The number of nitrogens with two attached hydrogens (primary N) is 1. The first-order chi connectivity index (χ1) is 9.26. The van der Waals surface area contributed by atoms with E-state index in [1.165, 1.54) is 12.3 Å². The van der Waals surface area contributed by atoms with E-state index in [-0.39, 0.29) is 17.7 Å². The number of phosphoric ester groups is 1. The van der Waals surface area contributed by atoms with Crippen molar-refractivity contribution in [3.05, 3.63) is 22.7 Å². The molecule has 1 aliphatic rings. The third-order valence-corrected chi connectivity index (χ3v) is 3.26. The number of rotatable bonds is 4. The first kappa shape index (κ1) is 17.7. The number of aliphatic hydroxyl groups excluding tert-OH is 1. The largest absolute Gasteiger partial charge is 0.469 e. The molecule has 0 saturated carbocycles. The van der Waals surface area contributed by atoms with Crippen molar-refractivity contribution in [1.82, 2.24) is 9.55 Å². The Labute approximate surface area is 118 Å². The Hall–Kier alpha value is -1.33. The SMILES string of the molecule is Nc1ccn([C@H]2C[C@H](O)[C@@H](COP(=O)(O)O)O2)c(=O)n1.O. The number of hydrogen-bond donors (Lipinski definition) is 4. The summed E-state index contributed by atoms with van der Waals surface area (Å²) in [7, 11) is -4.64. The first-order valence-corrected chi connectivity index (χ1v) is 7.17. The van der Waals surface area contributed by atoms with Gasteiger partial charge in [0.1, 0.15) is 18.1 Å². The van der Waals surface area contributed by atoms with Gasteiger partial charge in [-0.05, 0) is 6.07 Å². The van der Waals surface area contributed by atoms with Crippen molar-refractivity contribution in [2.45, 2.75) is 24.9 Å². The highest BCUT2D eigenvalue weighted by molar-refractivity contribution is 7.46. The number of phosphoric acid groups is 1. The third kappa shape index (κ3) is 4.58. The van der Waals surface area contributed by atoms with Crippen LogP contribution in [-0.2, 0) is 13.8 Å². The molecule has 0 spiro atoms. The molecule has 1 aliphatic heterocycles. The molecule has 120 valence electrons. The lowest BCUT2D eigenvalue weighted by Gasteiger charge is -2.16. The van der Waals surface area contributed by atoms with Crippen LogP contribution in [0.15, 0.2) is 17.1 Å². The van der Waals surface area contributed by atoms with E-state index in [1.807, 2.05) is 0 Å². The van der Waals surface area contributed by atoms with Gasteiger partial charge in [0.15, 0.2) is 0 Å². The molecule has 1 aromatic heterocycles. The molecule has 7 N–H and O–H groups in total. The topological polar surface area (TPSA) is 189 Å². The van der Waals surface area contributed by atoms with Gasteiger partial charge in [0.2, 0.25) is 0 Å². The van der Waals surface area contributed by atoms with Crippen LogP contribution in [0.1, 0.15) is 12.6 Å². The Balaban J connectivity index is 0.00000220. The van der Waals surface area contributed by atoms with Crippen LogP contribution in [0, 0.1) is 0 Å². The maximum Gasteiger partial charge on any atom is 0.469 e. The van der Waals surface area contributed by atoms with E-state index in [0.29, 0.717) is 0 Å². The van der Waals surface area contributed by atoms with Gasteiger partial charge in [0.05, 0.1) is 12.7 Å². The minimum atomic E-state index is -4.64. The number of anilines is 1. The zero-order chi connectivity index (χ0) is 14.9. The minimum absolute atomic E-state index is 0. The molecule has 12 heteroatoms. The average Bonchev–Trinajstić information content (AvgIpc) is 2.67. The molecule has 11 nitrogen and oxygen atoms in total. The Bertz CT molecular complexity index is 587. The van der Waals surface area contributed by atoms with Crippen LogP contribution >= 0.6 is 7.82 Å². The molecular weight excluding hydrogens is 309 g/mol. The maximum absolute atomic E-state index is 11.6. The Morgan fingerprint density at radius 3 is 2.81 bits per heavy atom. The van der Waals surface area contributed by atoms with Gasteiger partial charge in [-0.1, -0.05) is 0 Å². The summed E-state index contributed by atoms with van der Waals surface area (Å²) in [5.74, 6) is 0.0613. The summed E-state index contributed by atoms with van der Waals surface area (Å²) >= 11 is 0. The van der Waals surface area contributed by atoms with Gasteiger partial charge in [0.25, 0.3) is 0 Å². The summed E-state index contributed by atoms with van der Waals surface area (Å²) < 4.78 is 21.3. The molecule has 0 aromatic carbocycles. The van der Waals surface area contributed by atoms with E-state index in [2.05, 4.69) is 9.51 Å². The predicted octanol–water partition coefficient (Wildman–Crippen LogP) is -2.24. The molecule has 1 saturated heterocycles. The fourth-order valence-electron chi connectivity index (χ4n) is 1.85. The fraction of sp³-hybridized carbons (Fsp3) is 0.556. The van der Waals surface area contributed by atoms with Crippen LogP contribution < -0.4 is 11.4 Å². The smallest absolute Gasteiger partial charge is 0.412 e. The predicted molar refractivity (Wildman–Crippen MR) is 69.1 cm³/mol. The van der Waals surface area contributed by atoms with E-state index in [9.17, 15) is 14.5 Å². The monoisotopic (exact) mass is 325 g/mol. The lowest BCUT2D eigenvalue weighted by molar-refractivity contribution is -0.0450. The van der Waals surface area contributed by atoms with Crippen LogP contribution in [0.5, 0.6) is 0 Å². The Kier molecular flexibility index (Phi) is 5.59. The summed E-state index contributed by atoms with van der Waals surface area (Å²) in [6, 6.07) is 1.40. The van der Waals surface area contributed by atoms with E-state index in [1.54, 1.807) is 0 Å². The third-order valence-electron chi connectivity index (χ3n) is 2.77. The second-order valence-electron chi connectivity index (χ2n) is 4.26. The fourth-order valence-corrected chi connectivity index (χ4v) is 2.19. The van der Waals surface area contributed by atoms with E-state index < -0.39 is 38.6 Å². The zero-order valence-corrected chi connectivity index (χ0v) is 11.6. The lowest BCUT2D eigenvalue weighted by Crippen LogP contribution is -2.28. The van der Waals surface area contributed by atoms with Gasteiger partial charge < -0.3 is 30.8 Å². The van der Waals surface area contributed by atoms with Gasteiger partial charge in [-0.15, -0.1) is 0 Å². The highest BCUT2D eigenvalue weighted by Crippen LogP contribution is 2.38. The molecule has 0 unspecified atom stereocenters. The van der Waals surface area contributed by atoms with Crippen molar-refractivity contribution < 1.29 is 34.2 Å². The van der Waals surface area contributed by atoms with Crippen LogP contribution in [0.4, 0.5) is 5.82 Å². The quantitative estimate of drug-likeness (QED) is 0.443. The molecule has 0 radical (unpaired) electrons. The van der Waals surface area contributed by atoms with Gasteiger partial charge in [0, 0.05) is 12.6 Å². The van der Waals surface area contributed by atoms with Crippen molar-refractivity contribution in [3.63, 3.8) is 0 Å². The standard InChI is InChI=1S/C9H14N3O7P.H2O/c10-7-1-2-12(9(14)11-7)8-3-5(13)6(19-8)4-18-20(15,16)17;/h1-2,5-6,8,13H,3-4H2,(H2,10,11,14)(H2,15,16,17);1H2/t5-,6+,8+;/m0./s1. The van der Waals surface area contributed by atoms with Crippen LogP contribution in [-0.4, -0.2) is 48.7 Å². The highest BCUT2D eigenvalue weighted by Gasteiger charge is 2.36. The van der Waals surface area contributed by atoms with Crippen molar-refractivity contribution >= 4 is 13.6 Å². The molecular formula is C9H16N3O8P. The van der Waals surface area contributed by atoms with E-state index in [0.717, 1.165) is 4.57 Å². The van der Waals surface area contributed by atoms with Gasteiger partial charge in [-0.2, -0.15) is 4.98 Å². The molecule has 1 fully saturated rings. The van der Waals surface area contributed by atoms with Crippen LogP contribution in [0.25, 0.3) is 0 Å². The number of nitrogens with zero attached hydrogens (tertiary/aromatic N) is 2. The van der Waals surface area contributed by atoms with Gasteiger partial charge in [-0.25, -0.2) is 9.36 Å². The highest BCUT2D eigenvalue weighted by atomic mass is 31.2. The molecule has 2 heterocycles. The van der Waals surface area contributed by atoms with Crippen molar-refractivity contribution in [2.75, 3.05) is 12.3 Å². The minimum Gasteiger partial charge on any atom is -0.412 e. The summed E-state index contributed by atoms with van der Waals surface area (Å²) in [6.07, 6.45) is -1.32. The molecule has 1 aromatic rings. The molecule has 0 aliphatic carbocycles. The van der Waals surface area contributed by atoms with Crippen LogP contribution in [0.2, 0.25) is 0 Å². The summed E-state index contributed by atoms with van der Waals surface area (Å²) in [5, 5.41) is 9.74. The summed E-state index contributed by atoms with van der Waals surface area (Å²) in [5.41, 5.74) is 4.72. The molecule has 0 bridgehead atoms. The number of ether oxygens (including phenoxy) is 1. The number of nitrogen functional groups attached to an aromatic ring is 1. The second-order valence-corrected chi connectivity index (χ2v) is 5.50.